The second-order valence-corrected chi connectivity index (χ2v) is 5.30. The number of carbonyl (C=O) groups excluding carboxylic acids is 1. The number of carboxylic acids is 1. The van der Waals surface area contributed by atoms with Crippen LogP contribution in [0.25, 0.3) is 0 Å². The summed E-state index contributed by atoms with van der Waals surface area (Å²) in [7, 11) is 0. The zero-order valence-electron chi connectivity index (χ0n) is 10.7. The third-order valence-electron chi connectivity index (χ3n) is 2.42. The van der Waals surface area contributed by atoms with E-state index in [0.29, 0.717) is 6.54 Å². The molecule has 0 bridgehead atoms. The minimum atomic E-state index is -1.02. The molecule has 2 N–H and O–H groups in total. The van der Waals surface area contributed by atoms with Crippen LogP contribution in [0.2, 0.25) is 0 Å². The van der Waals surface area contributed by atoms with Crippen LogP contribution in [0.1, 0.15) is 27.7 Å². The van der Waals surface area contributed by atoms with Crippen LogP contribution in [0.5, 0.6) is 0 Å². The number of carboxylic acid groups (broad SMARTS) is 1. The van der Waals surface area contributed by atoms with Gasteiger partial charge in [0, 0.05) is 19.1 Å². The molecule has 0 saturated carbocycles. The molecule has 98 valence electrons. The van der Waals surface area contributed by atoms with Crippen molar-refractivity contribution in [2.24, 2.45) is 0 Å². The van der Waals surface area contributed by atoms with E-state index in [0.717, 1.165) is 0 Å². The van der Waals surface area contributed by atoms with Gasteiger partial charge < -0.3 is 15.2 Å². The van der Waals surface area contributed by atoms with Gasteiger partial charge in [-0.15, -0.1) is 0 Å². The first kappa shape index (κ1) is 13.8. The highest BCUT2D eigenvalue weighted by Gasteiger charge is 2.36. The van der Waals surface area contributed by atoms with E-state index in [1.807, 2.05) is 6.92 Å². The van der Waals surface area contributed by atoms with Crippen molar-refractivity contribution in [3.05, 3.63) is 0 Å². The molecule has 1 saturated heterocycles. The normalized spacial score (nSPS) is 25.5. The average molecular weight is 244 g/mol. The van der Waals surface area contributed by atoms with Gasteiger partial charge in [-0.05, 0) is 27.7 Å². The molecule has 1 aliphatic rings. The molecule has 17 heavy (non-hydrogen) atoms. The molecule has 1 aliphatic heterocycles. The summed E-state index contributed by atoms with van der Waals surface area (Å²) in [5, 5.41) is 12.1. The molecule has 0 aromatic heterocycles. The van der Waals surface area contributed by atoms with Crippen LogP contribution in [0, 0.1) is 0 Å². The van der Waals surface area contributed by atoms with E-state index in [1.54, 1.807) is 20.8 Å². The molecule has 0 aromatic rings. The number of hydrogen-bond donors (Lipinski definition) is 2. The highest BCUT2D eigenvalue weighted by atomic mass is 16.6. The van der Waals surface area contributed by atoms with E-state index in [-0.39, 0.29) is 12.6 Å². The number of rotatable bonds is 1. The highest BCUT2D eigenvalue weighted by molar-refractivity contribution is 5.80. The molecular formula is C11H20N2O4. The zero-order valence-corrected chi connectivity index (χ0v) is 10.7. The van der Waals surface area contributed by atoms with Gasteiger partial charge in [0.25, 0.3) is 0 Å². The third kappa shape index (κ3) is 3.89. The number of nitrogens with zero attached hydrogens (tertiary/aromatic N) is 1. The number of aliphatic carboxylic acids is 1. The van der Waals surface area contributed by atoms with Gasteiger partial charge in [0.2, 0.25) is 0 Å². The van der Waals surface area contributed by atoms with Crippen LogP contribution in [-0.4, -0.2) is 52.8 Å². The van der Waals surface area contributed by atoms with Crippen molar-refractivity contribution < 1.29 is 19.4 Å². The Labute approximate surface area is 101 Å². The van der Waals surface area contributed by atoms with Crippen molar-refractivity contribution >= 4 is 12.1 Å². The van der Waals surface area contributed by atoms with Crippen LogP contribution in [0.4, 0.5) is 4.79 Å². The van der Waals surface area contributed by atoms with Gasteiger partial charge in [0.15, 0.2) is 0 Å². The number of hydrogen-bond acceptors (Lipinski definition) is 4. The Balaban J connectivity index is 2.75. The van der Waals surface area contributed by atoms with Crippen LogP contribution in [-0.2, 0) is 9.53 Å². The molecule has 6 heteroatoms. The van der Waals surface area contributed by atoms with Gasteiger partial charge in [-0.1, -0.05) is 0 Å². The number of piperazine rings is 1. The lowest BCUT2D eigenvalue weighted by Crippen LogP contribution is -2.60. The number of amides is 1. The van der Waals surface area contributed by atoms with Crippen LogP contribution >= 0.6 is 0 Å². The Morgan fingerprint density at radius 1 is 1.41 bits per heavy atom. The van der Waals surface area contributed by atoms with Crippen molar-refractivity contribution in [2.45, 2.75) is 45.4 Å². The molecule has 2 unspecified atom stereocenters. The number of ether oxygens (including phenoxy) is 1. The lowest BCUT2D eigenvalue weighted by Gasteiger charge is -2.37. The highest BCUT2D eigenvalue weighted by Crippen LogP contribution is 2.14. The average Bonchev–Trinajstić information content (AvgIpc) is 2.14. The summed E-state index contributed by atoms with van der Waals surface area (Å²) in [5.41, 5.74) is -0.617. The molecule has 0 radical (unpaired) electrons. The predicted molar refractivity (Wildman–Crippen MR) is 61.8 cm³/mol. The van der Waals surface area contributed by atoms with E-state index in [4.69, 9.17) is 9.84 Å². The molecule has 1 rings (SSSR count). The summed E-state index contributed by atoms with van der Waals surface area (Å²) >= 11 is 0. The summed E-state index contributed by atoms with van der Waals surface area (Å²) in [6.45, 7) is 7.75. The molecule has 1 fully saturated rings. The largest absolute Gasteiger partial charge is 0.480 e. The maximum Gasteiger partial charge on any atom is 0.411 e. The lowest BCUT2D eigenvalue weighted by atomic mass is 10.1. The first-order chi connectivity index (χ1) is 7.70. The second-order valence-electron chi connectivity index (χ2n) is 5.30. The fourth-order valence-corrected chi connectivity index (χ4v) is 1.65. The lowest BCUT2D eigenvalue weighted by molar-refractivity contribution is -0.144. The van der Waals surface area contributed by atoms with Gasteiger partial charge in [0.05, 0.1) is 0 Å². The van der Waals surface area contributed by atoms with Gasteiger partial charge in [-0.25, -0.2) is 9.59 Å². The summed E-state index contributed by atoms with van der Waals surface area (Å²) in [6, 6.07) is -0.792. The number of nitrogens with one attached hydrogen (secondary N) is 1. The van der Waals surface area contributed by atoms with Crippen molar-refractivity contribution in [2.75, 3.05) is 13.1 Å². The Morgan fingerprint density at radius 3 is 2.47 bits per heavy atom. The molecule has 1 amide bonds. The van der Waals surface area contributed by atoms with E-state index >= 15 is 0 Å². The SMILES string of the molecule is CC1CN(C(=O)OC(C)(C)C)C(C(=O)O)CN1. The van der Waals surface area contributed by atoms with E-state index in [9.17, 15) is 9.59 Å². The standard InChI is InChI=1S/C11H20N2O4/c1-7-6-13(8(5-12-7)9(14)15)10(16)17-11(2,3)4/h7-8,12H,5-6H2,1-4H3,(H,14,15). The third-order valence-corrected chi connectivity index (χ3v) is 2.42. The van der Waals surface area contributed by atoms with Gasteiger partial charge in [-0.2, -0.15) is 0 Å². The van der Waals surface area contributed by atoms with Gasteiger partial charge >= 0.3 is 12.1 Å². The molecule has 6 nitrogen and oxygen atoms in total. The minimum Gasteiger partial charge on any atom is -0.480 e. The van der Waals surface area contributed by atoms with Gasteiger partial charge in [-0.3, -0.25) is 4.90 Å². The maximum absolute atomic E-state index is 11.9. The van der Waals surface area contributed by atoms with E-state index in [2.05, 4.69) is 5.32 Å². The molecule has 2 atom stereocenters. The Bertz CT molecular complexity index is 311. The van der Waals surface area contributed by atoms with Crippen molar-refractivity contribution in [1.29, 1.82) is 0 Å². The second kappa shape index (κ2) is 4.91. The van der Waals surface area contributed by atoms with Gasteiger partial charge in [0.1, 0.15) is 11.6 Å². The fourth-order valence-electron chi connectivity index (χ4n) is 1.65. The van der Waals surface area contributed by atoms with Crippen molar-refractivity contribution in [3.63, 3.8) is 0 Å². The summed E-state index contributed by atoms with van der Waals surface area (Å²) in [5.74, 6) is -1.02. The monoisotopic (exact) mass is 244 g/mol. The Morgan fingerprint density at radius 2 is 2.00 bits per heavy atom. The summed E-state index contributed by atoms with van der Waals surface area (Å²) in [4.78, 5) is 24.2. The van der Waals surface area contributed by atoms with Crippen molar-refractivity contribution in [3.8, 4) is 0 Å². The maximum atomic E-state index is 11.9. The van der Waals surface area contributed by atoms with Crippen LogP contribution in [0.15, 0.2) is 0 Å². The van der Waals surface area contributed by atoms with E-state index < -0.39 is 23.7 Å². The number of carbonyl (C=O) groups is 2. The topological polar surface area (TPSA) is 78.9 Å². The predicted octanol–water partition coefficient (Wildman–Crippen LogP) is 0.668. The van der Waals surface area contributed by atoms with Crippen molar-refractivity contribution in [1.82, 2.24) is 10.2 Å². The first-order valence-corrected chi connectivity index (χ1v) is 5.66. The summed E-state index contributed by atoms with van der Waals surface area (Å²) in [6.07, 6.45) is -0.571. The molecule has 0 aliphatic carbocycles. The first-order valence-electron chi connectivity index (χ1n) is 5.66. The Hall–Kier alpha value is -1.30. The fraction of sp³-hybridized carbons (Fsp3) is 0.818. The van der Waals surface area contributed by atoms with Crippen LogP contribution < -0.4 is 5.32 Å². The van der Waals surface area contributed by atoms with Crippen LogP contribution in [0.3, 0.4) is 0 Å². The molecular weight excluding hydrogens is 224 g/mol. The molecule has 0 aromatic carbocycles. The zero-order chi connectivity index (χ0) is 13.2. The smallest absolute Gasteiger partial charge is 0.411 e. The molecule has 1 heterocycles. The van der Waals surface area contributed by atoms with E-state index in [1.165, 1.54) is 4.90 Å². The summed E-state index contributed by atoms with van der Waals surface area (Å²) < 4.78 is 5.20. The quantitative estimate of drug-likeness (QED) is 0.708. The molecule has 0 spiro atoms. The minimum absolute atomic E-state index is 0.0677. The Kier molecular flexibility index (Phi) is 3.98.